The second-order valence-electron chi connectivity index (χ2n) is 7.96. The Morgan fingerprint density at radius 3 is 2.29 bits per heavy atom. The summed E-state index contributed by atoms with van der Waals surface area (Å²) in [4.78, 5) is 4.74. The van der Waals surface area contributed by atoms with E-state index in [2.05, 4.69) is 39.9 Å². The first-order chi connectivity index (χ1) is 15.1. The summed E-state index contributed by atoms with van der Waals surface area (Å²) in [5, 5.41) is 15.3. The average Bonchev–Trinajstić information content (AvgIpc) is 3.11. The number of guanidine groups is 1. The molecule has 2 N–H and O–H groups in total. The van der Waals surface area contributed by atoms with Crippen molar-refractivity contribution < 1.29 is 4.74 Å². The fourth-order valence-corrected chi connectivity index (χ4v) is 3.32. The van der Waals surface area contributed by atoms with Crippen molar-refractivity contribution >= 4 is 5.96 Å². The van der Waals surface area contributed by atoms with Gasteiger partial charge in [-0.3, -0.25) is 0 Å². The van der Waals surface area contributed by atoms with Crippen molar-refractivity contribution in [2.45, 2.75) is 71.8 Å². The molecular weight excluding hydrogens is 388 g/mol. The van der Waals surface area contributed by atoms with Gasteiger partial charge in [-0.25, -0.2) is 4.99 Å². The van der Waals surface area contributed by atoms with Crippen LogP contribution in [0.2, 0.25) is 0 Å². The third-order valence-corrected chi connectivity index (χ3v) is 5.50. The smallest absolute Gasteiger partial charge is 0.191 e. The van der Waals surface area contributed by atoms with Crippen LogP contribution < -0.4 is 15.4 Å². The number of hydrogen-bond donors (Lipinski definition) is 2. The highest BCUT2D eigenvalue weighted by Crippen LogP contribution is 2.11. The van der Waals surface area contributed by atoms with Gasteiger partial charge >= 0.3 is 0 Å². The van der Waals surface area contributed by atoms with Crippen LogP contribution in [0.15, 0.2) is 29.3 Å². The van der Waals surface area contributed by atoms with E-state index in [1.165, 1.54) is 44.1 Å². The van der Waals surface area contributed by atoms with Crippen molar-refractivity contribution in [3.63, 3.8) is 0 Å². The minimum atomic E-state index is 0.506. The van der Waals surface area contributed by atoms with Gasteiger partial charge in [0.05, 0.1) is 7.11 Å². The standard InChI is InChI=1S/C24H40N6O/c1-5-6-7-8-9-10-11-17-25-24(27-19-23-29-28-20(2)30(23)3)26-18-16-21-12-14-22(31-4)15-13-21/h12-15H,5-11,16-19H2,1-4H3,(H2,25,26,27). The Morgan fingerprint density at radius 1 is 0.968 bits per heavy atom. The van der Waals surface area contributed by atoms with Crippen molar-refractivity contribution in [3.8, 4) is 5.75 Å². The van der Waals surface area contributed by atoms with Crippen LogP contribution in [-0.4, -0.2) is 40.9 Å². The molecule has 2 rings (SSSR count). The van der Waals surface area contributed by atoms with E-state index in [4.69, 9.17) is 9.73 Å². The van der Waals surface area contributed by atoms with E-state index in [1.54, 1.807) is 7.11 Å². The molecule has 0 amide bonds. The lowest BCUT2D eigenvalue weighted by Gasteiger charge is -2.13. The van der Waals surface area contributed by atoms with Crippen molar-refractivity contribution in [1.82, 2.24) is 25.4 Å². The van der Waals surface area contributed by atoms with Crippen molar-refractivity contribution in [3.05, 3.63) is 41.5 Å². The lowest BCUT2D eigenvalue weighted by Crippen LogP contribution is -2.39. The predicted octanol–water partition coefficient (Wildman–Crippen LogP) is 4.16. The molecule has 1 aromatic heterocycles. The zero-order chi connectivity index (χ0) is 22.3. The summed E-state index contributed by atoms with van der Waals surface area (Å²) in [6.45, 7) is 6.46. The maximum atomic E-state index is 5.23. The highest BCUT2D eigenvalue weighted by Gasteiger charge is 2.05. The Morgan fingerprint density at radius 2 is 1.65 bits per heavy atom. The molecule has 0 bridgehead atoms. The molecule has 1 heterocycles. The first-order valence-electron chi connectivity index (χ1n) is 11.6. The molecule has 0 unspecified atom stereocenters. The van der Waals surface area contributed by atoms with Gasteiger partial charge in [0.15, 0.2) is 11.8 Å². The fourth-order valence-electron chi connectivity index (χ4n) is 3.32. The molecule has 7 nitrogen and oxygen atoms in total. The number of unbranched alkanes of at least 4 members (excludes halogenated alkanes) is 6. The first-order valence-corrected chi connectivity index (χ1v) is 11.6. The van der Waals surface area contributed by atoms with E-state index in [1.807, 2.05) is 30.7 Å². The van der Waals surface area contributed by atoms with Gasteiger partial charge in [-0.2, -0.15) is 0 Å². The predicted molar refractivity (Wildman–Crippen MR) is 128 cm³/mol. The van der Waals surface area contributed by atoms with Crippen LogP contribution in [0.4, 0.5) is 0 Å². The lowest BCUT2D eigenvalue weighted by molar-refractivity contribution is 0.414. The van der Waals surface area contributed by atoms with Crippen LogP contribution in [0.5, 0.6) is 5.75 Å². The van der Waals surface area contributed by atoms with Gasteiger partial charge in [-0.15, -0.1) is 10.2 Å². The molecule has 0 fully saturated rings. The van der Waals surface area contributed by atoms with Crippen LogP contribution in [0.1, 0.15) is 69.1 Å². The molecule has 0 atom stereocenters. The van der Waals surface area contributed by atoms with Gasteiger partial charge in [0.2, 0.25) is 0 Å². The topological polar surface area (TPSA) is 76.4 Å². The molecule has 0 spiro atoms. The number of aromatic nitrogens is 3. The minimum Gasteiger partial charge on any atom is -0.497 e. The number of aliphatic imine (C=N–C) groups is 1. The summed E-state index contributed by atoms with van der Waals surface area (Å²) < 4.78 is 7.21. The molecule has 172 valence electrons. The molecule has 0 aliphatic rings. The van der Waals surface area contributed by atoms with Gasteiger partial charge in [0.1, 0.15) is 18.1 Å². The maximum Gasteiger partial charge on any atom is 0.191 e. The molecule has 31 heavy (non-hydrogen) atoms. The Kier molecular flexibility index (Phi) is 11.5. The van der Waals surface area contributed by atoms with Gasteiger partial charge in [-0.1, -0.05) is 57.6 Å². The SMILES string of the molecule is CCCCCCCCCNC(=NCc1nnc(C)n1C)NCCc1ccc(OC)cc1. The van der Waals surface area contributed by atoms with E-state index in [-0.39, 0.29) is 0 Å². The monoisotopic (exact) mass is 428 g/mol. The number of nitrogens with zero attached hydrogens (tertiary/aromatic N) is 4. The second kappa shape index (κ2) is 14.4. The van der Waals surface area contributed by atoms with Crippen LogP contribution in [0.3, 0.4) is 0 Å². The highest BCUT2D eigenvalue weighted by atomic mass is 16.5. The Bertz CT molecular complexity index is 769. The maximum absolute atomic E-state index is 5.23. The van der Waals surface area contributed by atoms with Crippen molar-refractivity contribution in [2.75, 3.05) is 20.2 Å². The second-order valence-corrected chi connectivity index (χ2v) is 7.96. The van der Waals surface area contributed by atoms with E-state index in [9.17, 15) is 0 Å². The summed E-state index contributed by atoms with van der Waals surface area (Å²) in [5.41, 5.74) is 1.27. The van der Waals surface area contributed by atoms with Crippen LogP contribution >= 0.6 is 0 Å². The quantitative estimate of drug-likeness (QED) is 0.268. The van der Waals surface area contributed by atoms with E-state index < -0.39 is 0 Å². The summed E-state index contributed by atoms with van der Waals surface area (Å²) in [5.74, 6) is 3.48. The van der Waals surface area contributed by atoms with E-state index in [0.717, 1.165) is 49.3 Å². The van der Waals surface area contributed by atoms with Gasteiger partial charge < -0.3 is 19.9 Å². The Labute approximate surface area is 187 Å². The van der Waals surface area contributed by atoms with Gasteiger partial charge in [-0.05, 0) is 37.5 Å². The molecule has 0 aliphatic heterocycles. The Balaban J connectivity index is 1.81. The van der Waals surface area contributed by atoms with Crippen LogP contribution in [0, 0.1) is 6.92 Å². The summed E-state index contributed by atoms with van der Waals surface area (Å²) >= 11 is 0. The van der Waals surface area contributed by atoms with Crippen LogP contribution in [-0.2, 0) is 20.0 Å². The molecule has 0 saturated heterocycles. The van der Waals surface area contributed by atoms with Crippen molar-refractivity contribution in [1.29, 1.82) is 0 Å². The highest BCUT2D eigenvalue weighted by molar-refractivity contribution is 5.79. The van der Waals surface area contributed by atoms with E-state index in [0.29, 0.717) is 6.54 Å². The molecule has 0 aliphatic carbocycles. The molecular formula is C24H40N6O. The molecule has 1 aromatic carbocycles. The molecule has 0 radical (unpaired) electrons. The fraction of sp³-hybridized carbons (Fsp3) is 0.625. The minimum absolute atomic E-state index is 0.506. The summed E-state index contributed by atoms with van der Waals surface area (Å²) in [6.07, 6.45) is 10.0. The number of rotatable bonds is 14. The van der Waals surface area contributed by atoms with Gasteiger partial charge in [0, 0.05) is 20.1 Å². The first kappa shape index (κ1) is 24.7. The zero-order valence-corrected chi connectivity index (χ0v) is 19.8. The third kappa shape index (κ3) is 9.40. The number of ether oxygens (including phenoxy) is 1. The number of benzene rings is 1. The third-order valence-electron chi connectivity index (χ3n) is 5.50. The summed E-state index contributed by atoms with van der Waals surface area (Å²) in [6, 6.07) is 8.20. The molecule has 0 saturated carbocycles. The molecule has 7 heteroatoms. The van der Waals surface area contributed by atoms with Crippen LogP contribution in [0.25, 0.3) is 0 Å². The number of methoxy groups -OCH3 is 1. The zero-order valence-electron chi connectivity index (χ0n) is 19.8. The van der Waals surface area contributed by atoms with E-state index >= 15 is 0 Å². The lowest BCUT2D eigenvalue weighted by atomic mass is 10.1. The number of nitrogens with one attached hydrogen (secondary N) is 2. The van der Waals surface area contributed by atoms with Crippen molar-refractivity contribution in [2.24, 2.45) is 12.0 Å². The van der Waals surface area contributed by atoms with Gasteiger partial charge in [0.25, 0.3) is 0 Å². The average molecular weight is 429 g/mol. The molecule has 2 aromatic rings. The normalized spacial score (nSPS) is 11.5. The summed E-state index contributed by atoms with van der Waals surface area (Å²) in [7, 11) is 3.66. The number of aryl methyl sites for hydroxylation is 1. The largest absolute Gasteiger partial charge is 0.497 e. The Hall–Kier alpha value is -2.57. The number of hydrogen-bond acceptors (Lipinski definition) is 4.